The van der Waals surface area contributed by atoms with Gasteiger partial charge in [-0.05, 0) is 43.6 Å². The van der Waals surface area contributed by atoms with Crippen LogP contribution in [0.2, 0.25) is 0 Å². The van der Waals surface area contributed by atoms with Crippen LogP contribution in [0.1, 0.15) is 49.0 Å². The van der Waals surface area contributed by atoms with Gasteiger partial charge < -0.3 is 10.5 Å². The minimum Gasteiger partial charge on any atom is -0.618 e. The summed E-state index contributed by atoms with van der Waals surface area (Å²) in [4.78, 5) is 12.1. The monoisotopic (exact) mass is 260 g/mol. The summed E-state index contributed by atoms with van der Waals surface area (Å²) in [5.41, 5.74) is 0.191. The third kappa shape index (κ3) is 2.88. The second kappa shape index (κ2) is 5.19. The van der Waals surface area contributed by atoms with Crippen molar-refractivity contribution < 1.29 is 9.52 Å². The first kappa shape index (κ1) is 12.5. The molecule has 2 aliphatic carbocycles. The predicted molar refractivity (Wildman–Crippen MR) is 71.3 cm³/mol. The van der Waals surface area contributed by atoms with E-state index in [0.717, 1.165) is 24.7 Å². The molecular formula is C15H20N2O2. The Morgan fingerprint density at radius 2 is 2.05 bits per heavy atom. The molecule has 4 nitrogen and oxygen atoms in total. The normalized spacial score (nSPS) is 26.9. The van der Waals surface area contributed by atoms with Crippen LogP contribution in [-0.2, 0) is 0 Å². The van der Waals surface area contributed by atoms with Crippen molar-refractivity contribution in [2.24, 2.45) is 11.8 Å². The van der Waals surface area contributed by atoms with E-state index >= 15 is 0 Å². The quantitative estimate of drug-likeness (QED) is 0.667. The highest BCUT2D eigenvalue weighted by Gasteiger charge is 2.35. The first-order chi connectivity index (χ1) is 9.24. The zero-order valence-electron chi connectivity index (χ0n) is 11.0. The molecule has 1 N–H and O–H groups in total. The van der Waals surface area contributed by atoms with E-state index in [0.29, 0.717) is 4.73 Å². The zero-order valence-corrected chi connectivity index (χ0v) is 11.0. The highest BCUT2D eigenvalue weighted by Crippen LogP contribution is 2.43. The number of hydrogen-bond acceptors (Lipinski definition) is 2. The summed E-state index contributed by atoms with van der Waals surface area (Å²) in [5.74, 6) is 1.45. The molecule has 0 aliphatic heterocycles. The average Bonchev–Trinajstić information content (AvgIpc) is 3.24. The molecule has 1 heterocycles. The molecular weight excluding hydrogens is 240 g/mol. The molecule has 2 aliphatic rings. The van der Waals surface area contributed by atoms with Gasteiger partial charge in [-0.3, -0.25) is 4.79 Å². The number of hydrogen-bond donors (Lipinski definition) is 1. The Morgan fingerprint density at radius 3 is 2.79 bits per heavy atom. The summed E-state index contributed by atoms with van der Waals surface area (Å²) in [7, 11) is 0. The lowest BCUT2D eigenvalue weighted by atomic mass is 9.82. The molecule has 1 aromatic rings. The van der Waals surface area contributed by atoms with Gasteiger partial charge in [0.15, 0.2) is 6.20 Å². The first-order valence-electron chi connectivity index (χ1n) is 7.23. The molecule has 4 heteroatoms. The Bertz CT molecular complexity index is 471. The van der Waals surface area contributed by atoms with Crippen LogP contribution in [0, 0.1) is 17.0 Å². The van der Waals surface area contributed by atoms with Gasteiger partial charge in [0, 0.05) is 18.2 Å². The van der Waals surface area contributed by atoms with Crippen molar-refractivity contribution >= 4 is 5.91 Å². The third-order valence-electron chi connectivity index (χ3n) is 4.40. The predicted octanol–water partition coefficient (Wildman–Crippen LogP) is 2.02. The second-order valence-electron chi connectivity index (χ2n) is 5.85. The lowest BCUT2D eigenvalue weighted by Crippen LogP contribution is -2.44. The SMILES string of the molecule is O=C(N[C@@H]1CCC[C@@H](C2CC2)C1)c1cccc[n+]1[O-]. The van der Waals surface area contributed by atoms with Crippen molar-refractivity contribution in [3.63, 3.8) is 0 Å². The first-order valence-corrected chi connectivity index (χ1v) is 7.23. The summed E-state index contributed by atoms with van der Waals surface area (Å²) in [6.07, 6.45) is 8.73. The molecule has 19 heavy (non-hydrogen) atoms. The number of nitrogens with one attached hydrogen (secondary N) is 1. The van der Waals surface area contributed by atoms with Crippen LogP contribution in [0.4, 0.5) is 0 Å². The highest BCUT2D eigenvalue weighted by atomic mass is 16.5. The number of carbonyl (C=O) groups is 1. The Balaban J connectivity index is 1.61. The van der Waals surface area contributed by atoms with Crippen LogP contribution in [0.15, 0.2) is 24.4 Å². The van der Waals surface area contributed by atoms with Crippen LogP contribution in [0.5, 0.6) is 0 Å². The van der Waals surface area contributed by atoms with E-state index < -0.39 is 0 Å². The van der Waals surface area contributed by atoms with Gasteiger partial charge in [0.25, 0.3) is 5.69 Å². The van der Waals surface area contributed by atoms with Crippen molar-refractivity contribution in [3.05, 3.63) is 35.3 Å². The highest BCUT2D eigenvalue weighted by molar-refractivity contribution is 5.91. The van der Waals surface area contributed by atoms with Crippen LogP contribution >= 0.6 is 0 Å². The van der Waals surface area contributed by atoms with E-state index in [9.17, 15) is 10.0 Å². The van der Waals surface area contributed by atoms with Gasteiger partial charge in [0.1, 0.15) is 0 Å². The average molecular weight is 260 g/mol. The second-order valence-corrected chi connectivity index (χ2v) is 5.85. The zero-order chi connectivity index (χ0) is 13.2. The maximum atomic E-state index is 12.1. The van der Waals surface area contributed by atoms with E-state index in [1.807, 2.05) is 0 Å². The van der Waals surface area contributed by atoms with Gasteiger partial charge in [-0.25, -0.2) is 0 Å². The molecule has 102 valence electrons. The smallest absolute Gasteiger partial charge is 0.317 e. The van der Waals surface area contributed by atoms with Crippen molar-refractivity contribution in [2.45, 2.75) is 44.6 Å². The summed E-state index contributed by atoms with van der Waals surface area (Å²) < 4.78 is 0.635. The van der Waals surface area contributed by atoms with Gasteiger partial charge >= 0.3 is 5.91 Å². The Kier molecular flexibility index (Phi) is 3.40. The van der Waals surface area contributed by atoms with Crippen molar-refractivity contribution in [2.75, 3.05) is 0 Å². The van der Waals surface area contributed by atoms with Crippen LogP contribution in [0.3, 0.4) is 0 Å². The third-order valence-corrected chi connectivity index (χ3v) is 4.40. The molecule has 1 amide bonds. The van der Waals surface area contributed by atoms with E-state index in [1.165, 1.54) is 31.9 Å². The summed E-state index contributed by atoms with van der Waals surface area (Å²) >= 11 is 0. The molecule has 0 bridgehead atoms. The molecule has 3 rings (SSSR count). The Morgan fingerprint density at radius 1 is 1.21 bits per heavy atom. The van der Waals surface area contributed by atoms with Gasteiger partial charge in [0.2, 0.25) is 0 Å². The topological polar surface area (TPSA) is 56.0 Å². The molecule has 0 saturated heterocycles. The minimum atomic E-state index is -0.239. The number of nitrogens with zero attached hydrogens (tertiary/aromatic N) is 1. The Labute approximate surface area is 113 Å². The summed E-state index contributed by atoms with van der Waals surface area (Å²) in [6.45, 7) is 0. The largest absolute Gasteiger partial charge is 0.618 e. The van der Waals surface area contributed by atoms with Crippen molar-refractivity contribution in [1.29, 1.82) is 0 Å². The molecule has 1 aromatic heterocycles. The van der Waals surface area contributed by atoms with E-state index in [-0.39, 0.29) is 17.6 Å². The fraction of sp³-hybridized carbons (Fsp3) is 0.600. The van der Waals surface area contributed by atoms with Crippen molar-refractivity contribution in [1.82, 2.24) is 5.32 Å². The Hall–Kier alpha value is -1.58. The number of carbonyl (C=O) groups excluding carboxylic acids is 1. The van der Waals surface area contributed by atoms with Crippen LogP contribution < -0.4 is 10.0 Å². The number of rotatable bonds is 3. The lowest BCUT2D eigenvalue weighted by Gasteiger charge is -2.29. The minimum absolute atomic E-state index is 0.191. The molecule has 0 aromatic carbocycles. The molecule has 2 saturated carbocycles. The van der Waals surface area contributed by atoms with E-state index in [2.05, 4.69) is 5.32 Å². The van der Waals surface area contributed by atoms with Crippen LogP contribution in [0.25, 0.3) is 0 Å². The number of aromatic nitrogens is 1. The molecule has 0 spiro atoms. The molecule has 2 fully saturated rings. The maximum absolute atomic E-state index is 12.1. The maximum Gasteiger partial charge on any atom is 0.317 e. The fourth-order valence-corrected chi connectivity index (χ4v) is 3.22. The van der Waals surface area contributed by atoms with Crippen molar-refractivity contribution in [3.8, 4) is 0 Å². The number of amides is 1. The van der Waals surface area contributed by atoms with Crippen LogP contribution in [-0.4, -0.2) is 11.9 Å². The standard InChI is InChI=1S/C15H20N2O2/c18-15(14-6-1-2-9-17(14)19)16-13-5-3-4-12(10-13)11-7-8-11/h1-2,6,9,11-13H,3-5,7-8,10H2,(H,16,18)/t12-,13-/m1/s1. The molecule has 0 radical (unpaired) electrons. The van der Waals surface area contributed by atoms with Gasteiger partial charge in [0.05, 0.1) is 0 Å². The molecule has 0 unspecified atom stereocenters. The van der Waals surface area contributed by atoms with E-state index in [4.69, 9.17) is 0 Å². The lowest BCUT2D eigenvalue weighted by molar-refractivity contribution is -0.607. The summed E-state index contributed by atoms with van der Waals surface area (Å²) in [6, 6.07) is 5.17. The molecule has 2 atom stereocenters. The van der Waals surface area contributed by atoms with Gasteiger partial charge in [-0.15, -0.1) is 0 Å². The van der Waals surface area contributed by atoms with Gasteiger partial charge in [-0.1, -0.05) is 12.8 Å². The summed E-state index contributed by atoms with van der Waals surface area (Å²) in [5, 5.41) is 14.6. The number of pyridine rings is 1. The fourth-order valence-electron chi connectivity index (χ4n) is 3.22. The van der Waals surface area contributed by atoms with E-state index in [1.54, 1.807) is 18.2 Å². The van der Waals surface area contributed by atoms with Gasteiger partial charge in [-0.2, -0.15) is 4.73 Å².